The van der Waals surface area contributed by atoms with E-state index in [1.807, 2.05) is 49.4 Å². The number of rotatable bonds is 5. The third kappa shape index (κ3) is 3.83. The fourth-order valence-electron chi connectivity index (χ4n) is 2.50. The third-order valence-corrected chi connectivity index (χ3v) is 4.27. The van der Waals surface area contributed by atoms with Gasteiger partial charge < -0.3 is 10.1 Å². The Morgan fingerprint density at radius 1 is 1.20 bits per heavy atom. The fraction of sp³-hybridized carbons (Fsp3) is 0.158. The molecule has 0 aliphatic rings. The van der Waals surface area contributed by atoms with E-state index in [9.17, 15) is 4.79 Å². The highest BCUT2D eigenvalue weighted by Gasteiger charge is 2.15. The average Bonchev–Trinajstić information content (AvgIpc) is 3.12. The van der Waals surface area contributed by atoms with E-state index in [1.54, 1.807) is 19.2 Å². The molecule has 25 heavy (non-hydrogen) atoms. The molecule has 0 saturated carbocycles. The van der Waals surface area contributed by atoms with Gasteiger partial charge in [-0.15, -0.1) is 0 Å². The molecule has 2 N–H and O–H groups in total. The molecule has 5 nitrogen and oxygen atoms in total. The van der Waals surface area contributed by atoms with Gasteiger partial charge in [0.15, 0.2) is 0 Å². The standard InChI is InChI=1S/C19H18ClN3O2/c1-12(13-7-9-14(25-2)10-8-13)21-19(24)18-11-17(22-23-18)15-5-3-4-6-16(15)20/h3-12H,1-2H3,(H,21,24)(H,22,23)/t12-/m1/s1. The molecule has 1 heterocycles. The zero-order valence-electron chi connectivity index (χ0n) is 13.9. The van der Waals surface area contributed by atoms with Gasteiger partial charge in [0.05, 0.1) is 23.9 Å². The van der Waals surface area contributed by atoms with E-state index in [1.165, 1.54) is 0 Å². The molecule has 6 heteroatoms. The molecule has 128 valence electrons. The minimum atomic E-state index is -0.228. The highest BCUT2D eigenvalue weighted by atomic mass is 35.5. The maximum atomic E-state index is 12.4. The fourth-order valence-corrected chi connectivity index (χ4v) is 2.73. The van der Waals surface area contributed by atoms with Crippen molar-refractivity contribution in [2.45, 2.75) is 13.0 Å². The molecule has 0 aliphatic heterocycles. The molecule has 0 fully saturated rings. The molecule has 0 aliphatic carbocycles. The highest BCUT2D eigenvalue weighted by molar-refractivity contribution is 6.33. The molecule has 0 unspecified atom stereocenters. The van der Waals surface area contributed by atoms with Gasteiger partial charge in [0.2, 0.25) is 0 Å². The van der Waals surface area contributed by atoms with Crippen LogP contribution in [0.25, 0.3) is 11.3 Å². The van der Waals surface area contributed by atoms with Crippen molar-refractivity contribution in [2.24, 2.45) is 0 Å². The lowest BCUT2D eigenvalue weighted by Gasteiger charge is -2.14. The Morgan fingerprint density at radius 2 is 1.92 bits per heavy atom. The van der Waals surface area contributed by atoms with Gasteiger partial charge in [-0.1, -0.05) is 41.9 Å². The van der Waals surface area contributed by atoms with Crippen molar-refractivity contribution in [2.75, 3.05) is 7.11 Å². The number of aromatic nitrogens is 2. The summed E-state index contributed by atoms with van der Waals surface area (Å²) in [6, 6.07) is 16.5. The third-order valence-electron chi connectivity index (χ3n) is 3.94. The van der Waals surface area contributed by atoms with E-state index >= 15 is 0 Å². The Balaban J connectivity index is 1.72. The van der Waals surface area contributed by atoms with E-state index in [0.717, 1.165) is 16.9 Å². The molecular formula is C19H18ClN3O2. The van der Waals surface area contributed by atoms with Gasteiger partial charge >= 0.3 is 0 Å². The summed E-state index contributed by atoms with van der Waals surface area (Å²) in [5.41, 5.74) is 2.78. The summed E-state index contributed by atoms with van der Waals surface area (Å²) in [4.78, 5) is 12.4. The van der Waals surface area contributed by atoms with Crippen molar-refractivity contribution in [1.29, 1.82) is 0 Å². The number of nitrogens with zero attached hydrogens (tertiary/aromatic N) is 1. The van der Waals surface area contributed by atoms with Crippen LogP contribution in [0.4, 0.5) is 0 Å². The van der Waals surface area contributed by atoms with Crippen molar-refractivity contribution in [3.63, 3.8) is 0 Å². The van der Waals surface area contributed by atoms with Crippen LogP contribution < -0.4 is 10.1 Å². The number of amides is 1. The summed E-state index contributed by atoms with van der Waals surface area (Å²) in [6.45, 7) is 1.92. The molecule has 0 saturated heterocycles. The zero-order valence-corrected chi connectivity index (χ0v) is 14.7. The first-order chi connectivity index (χ1) is 12.1. The topological polar surface area (TPSA) is 67.0 Å². The van der Waals surface area contributed by atoms with E-state index < -0.39 is 0 Å². The first kappa shape index (κ1) is 17.0. The minimum absolute atomic E-state index is 0.148. The summed E-state index contributed by atoms with van der Waals surface area (Å²) in [5.74, 6) is 0.550. The Labute approximate surface area is 151 Å². The van der Waals surface area contributed by atoms with Crippen molar-refractivity contribution in [1.82, 2.24) is 15.5 Å². The molecule has 1 aromatic heterocycles. The quantitative estimate of drug-likeness (QED) is 0.719. The number of halogens is 1. The summed E-state index contributed by atoms with van der Waals surface area (Å²) in [6.07, 6.45) is 0. The van der Waals surface area contributed by atoms with Crippen molar-refractivity contribution in [3.05, 3.63) is 70.9 Å². The van der Waals surface area contributed by atoms with E-state index in [-0.39, 0.29) is 11.9 Å². The van der Waals surface area contributed by atoms with Gasteiger partial charge in [-0.05, 0) is 36.8 Å². The molecular weight excluding hydrogens is 338 g/mol. The number of hydrogen-bond acceptors (Lipinski definition) is 3. The number of benzene rings is 2. The lowest BCUT2D eigenvalue weighted by Crippen LogP contribution is -2.26. The van der Waals surface area contributed by atoms with Gasteiger partial charge in [-0.2, -0.15) is 5.10 Å². The number of aromatic amines is 1. The molecule has 2 aromatic carbocycles. The number of carbonyl (C=O) groups excluding carboxylic acids is 1. The maximum absolute atomic E-state index is 12.4. The number of nitrogens with one attached hydrogen (secondary N) is 2. The van der Waals surface area contributed by atoms with E-state index in [2.05, 4.69) is 15.5 Å². The second kappa shape index (κ2) is 7.40. The summed E-state index contributed by atoms with van der Waals surface area (Å²) in [7, 11) is 1.62. The van der Waals surface area contributed by atoms with Crippen molar-refractivity contribution < 1.29 is 9.53 Å². The van der Waals surface area contributed by atoms with Crippen LogP contribution in [0.2, 0.25) is 5.02 Å². The molecule has 0 radical (unpaired) electrons. The predicted molar refractivity (Wildman–Crippen MR) is 97.9 cm³/mol. The molecule has 3 rings (SSSR count). The Hall–Kier alpha value is -2.79. The van der Waals surface area contributed by atoms with Crippen LogP contribution in [-0.4, -0.2) is 23.2 Å². The summed E-state index contributed by atoms with van der Waals surface area (Å²) < 4.78 is 5.14. The summed E-state index contributed by atoms with van der Waals surface area (Å²) >= 11 is 6.17. The number of methoxy groups -OCH3 is 1. The Bertz CT molecular complexity index is 874. The smallest absolute Gasteiger partial charge is 0.269 e. The maximum Gasteiger partial charge on any atom is 0.269 e. The van der Waals surface area contributed by atoms with E-state index in [4.69, 9.17) is 16.3 Å². The van der Waals surface area contributed by atoms with Gasteiger partial charge in [0, 0.05) is 5.56 Å². The van der Waals surface area contributed by atoms with Gasteiger partial charge in [0.1, 0.15) is 11.4 Å². The molecule has 3 aromatic rings. The van der Waals surface area contributed by atoms with Gasteiger partial charge in [-0.3, -0.25) is 9.89 Å². The summed E-state index contributed by atoms with van der Waals surface area (Å²) in [5, 5.41) is 10.5. The Kier molecular flexibility index (Phi) is 5.05. The first-order valence-electron chi connectivity index (χ1n) is 7.83. The molecule has 0 spiro atoms. The zero-order chi connectivity index (χ0) is 17.8. The average molecular weight is 356 g/mol. The highest BCUT2D eigenvalue weighted by Crippen LogP contribution is 2.26. The second-order valence-corrected chi connectivity index (χ2v) is 6.02. The monoisotopic (exact) mass is 355 g/mol. The predicted octanol–water partition coefficient (Wildman–Crippen LogP) is 4.23. The number of carbonyl (C=O) groups is 1. The van der Waals surface area contributed by atoms with Crippen LogP contribution in [0, 0.1) is 0 Å². The number of H-pyrrole nitrogens is 1. The van der Waals surface area contributed by atoms with Crippen LogP contribution in [-0.2, 0) is 0 Å². The van der Waals surface area contributed by atoms with Crippen molar-refractivity contribution >= 4 is 17.5 Å². The van der Waals surface area contributed by atoms with Crippen LogP contribution >= 0.6 is 11.6 Å². The number of ether oxygens (including phenoxy) is 1. The number of hydrogen-bond donors (Lipinski definition) is 2. The lowest BCUT2D eigenvalue weighted by molar-refractivity contribution is 0.0935. The van der Waals surface area contributed by atoms with Gasteiger partial charge in [-0.25, -0.2) is 0 Å². The Morgan fingerprint density at radius 3 is 2.60 bits per heavy atom. The van der Waals surface area contributed by atoms with Crippen molar-refractivity contribution in [3.8, 4) is 17.0 Å². The van der Waals surface area contributed by atoms with Crippen LogP contribution in [0.5, 0.6) is 5.75 Å². The van der Waals surface area contributed by atoms with E-state index in [0.29, 0.717) is 16.4 Å². The minimum Gasteiger partial charge on any atom is -0.497 e. The van der Waals surface area contributed by atoms with Gasteiger partial charge in [0.25, 0.3) is 5.91 Å². The lowest BCUT2D eigenvalue weighted by atomic mass is 10.1. The first-order valence-corrected chi connectivity index (χ1v) is 8.21. The SMILES string of the molecule is COc1ccc([C@@H](C)NC(=O)c2cc(-c3ccccc3Cl)n[nH]2)cc1. The van der Waals surface area contributed by atoms with Crippen LogP contribution in [0.1, 0.15) is 29.0 Å². The van der Waals surface area contributed by atoms with Crippen LogP contribution in [0.15, 0.2) is 54.6 Å². The second-order valence-electron chi connectivity index (χ2n) is 5.62. The van der Waals surface area contributed by atoms with Crippen LogP contribution in [0.3, 0.4) is 0 Å². The largest absolute Gasteiger partial charge is 0.497 e. The molecule has 1 atom stereocenters. The molecule has 0 bridgehead atoms. The normalized spacial score (nSPS) is 11.8. The molecule has 1 amide bonds.